The van der Waals surface area contributed by atoms with Crippen LogP contribution in [-0.4, -0.2) is 36.5 Å². The van der Waals surface area contributed by atoms with Crippen LogP contribution in [0.5, 0.6) is 17.2 Å². The molecule has 0 aliphatic heterocycles. The third-order valence-electron chi connectivity index (χ3n) is 3.96. The van der Waals surface area contributed by atoms with Crippen molar-refractivity contribution < 1.29 is 24.2 Å². The molecule has 0 aliphatic carbocycles. The molecule has 0 atom stereocenters. The Bertz CT molecular complexity index is 772. The quantitative estimate of drug-likeness (QED) is 0.782. The minimum atomic E-state index is -0.472. The Kier molecular flexibility index (Phi) is 6.00. The molecule has 0 bridgehead atoms. The van der Waals surface area contributed by atoms with Gasteiger partial charge in [0.15, 0.2) is 0 Å². The third kappa shape index (κ3) is 3.91. The van der Waals surface area contributed by atoms with Crippen LogP contribution >= 0.6 is 0 Å². The normalized spacial score (nSPS) is 10.2. The zero-order valence-electron chi connectivity index (χ0n) is 14.5. The Morgan fingerprint density at radius 1 is 1.20 bits per heavy atom. The van der Waals surface area contributed by atoms with Crippen molar-refractivity contribution in [2.45, 2.75) is 19.9 Å². The summed E-state index contributed by atoms with van der Waals surface area (Å²) in [7, 11) is 3.06. The van der Waals surface area contributed by atoms with Crippen molar-refractivity contribution in [3.63, 3.8) is 0 Å². The Morgan fingerprint density at radius 2 is 1.96 bits per heavy atom. The Morgan fingerprint density at radius 3 is 2.56 bits per heavy atom. The van der Waals surface area contributed by atoms with Crippen molar-refractivity contribution in [3.8, 4) is 17.2 Å². The number of aromatic hydroxyl groups is 1. The first-order valence-electron chi connectivity index (χ1n) is 7.83. The van der Waals surface area contributed by atoms with E-state index in [1.54, 1.807) is 37.4 Å². The lowest BCUT2D eigenvalue weighted by Gasteiger charge is -2.19. The number of imide groups is 1. The average Bonchev–Trinajstić information content (AvgIpc) is 2.65. The molecule has 0 radical (unpaired) electrons. The summed E-state index contributed by atoms with van der Waals surface area (Å²) in [6.45, 7) is 1.89. The van der Waals surface area contributed by atoms with Crippen LogP contribution in [0.4, 0.5) is 0 Å². The molecule has 6 nitrogen and oxygen atoms in total. The van der Waals surface area contributed by atoms with Crippen LogP contribution in [0, 0.1) is 0 Å². The van der Waals surface area contributed by atoms with Crippen molar-refractivity contribution in [2.75, 3.05) is 14.2 Å². The lowest BCUT2D eigenvalue weighted by Crippen LogP contribution is -2.30. The first kappa shape index (κ1) is 18.3. The summed E-state index contributed by atoms with van der Waals surface area (Å²) in [5.41, 5.74) is 1.49. The summed E-state index contributed by atoms with van der Waals surface area (Å²) < 4.78 is 10.5. The first-order valence-corrected chi connectivity index (χ1v) is 7.83. The zero-order chi connectivity index (χ0) is 18.4. The van der Waals surface area contributed by atoms with Crippen molar-refractivity contribution in [1.29, 1.82) is 0 Å². The number of amides is 2. The largest absolute Gasteiger partial charge is 0.508 e. The molecule has 0 heterocycles. The molecule has 2 rings (SSSR count). The lowest BCUT2D eigenvalue weighted by atomic mass is 10.0. The summed E-state index contributed by atoms with van der Waals surface area (Å²) in [6, 6.07) is 9.87. The molecular weight excluding hydrogens is 322 g/mol. The van der Waals surface area contributed by atoms with Crippen LogP contribution < -0.4 is 9.47 Å². The number of methoxy groups -OCH3 is 2. The number of hydrogen-bond donors (Lipinski definition) is 1. The van der Waals surface area contributed by atoms with E-state index in [0.717, 1.165) is 4.90 Å². The highest BCUT2D eigenvalue weighted by Gasteiger charge is 2.21. The minimum Gasteiger partial charge on any atom is -0.508 e. The predicted molar refractivity (Wildman–Crippen MR) is 93.0 cm³/mol. The molecule has 0 aliphatic rings. The van der Waals surface area contributed by atoms with Crippen LogP contribution in [-0.2, 0) is 17.8 Å². The van der Waals surface area contributed by atoms with Gasteiger partial charge in [0.1, 0.15) is 17.2 Å². The molecule has 0 spiro atoms. The molecule has 132 valence electrons. The van der Waals surface area contributed by atoms with Gasteiger partial charge in [0, 0.05) is 22.8 Å². The molecule has 0 saturated heterocycles. The van der Waals surface area contributed by atoms with Gasteiger partial charge in [-0.2, -0.15) is 0 Å². The highest BCUT2D eigenvalue weighted by Crippen LogP contribution is 2.27. The second-order valence-corrected chi connectivity index (χ2v) is 5.37. The van der Waals surface area contributed by atoms with E-state index in [4.69, 9.17) is 9.47 Å². The topological polar surface area (TPSA) is 76.1 Å². The number of hydrogen-bond acceptors (Lipinski definition) is 5. The SMILES string of the molecule is CCc1c(O)cccc1C(=O)N(C=O)Cc1ccc(OC)cc1OC. The summed E-state index contributed by atoms with van der Waals surface area (Å²) in [6.07, 6.45) is 0.960. The highest BCUT2D eigenvalue weighted by atomic mass is 16.5. The Labute approximate surface area is 146 Å². The Hall–Kier alpha value is -3.02. The van der Waals surface area contributed by atoms with E-state index < -0.39 is 5.91 Å². The fourth-order valence-corrected chi connectivity index (χ4v) is 2.62. The van der Waals surface area contributed by atoms with E-state index in [2.05, 4.69) is 0 Å². The number of carbonyl (C=O) groups excluding carboxylic acids is 2. The smallest absolute Gasteiger partial charge is 0.260 e. The maximum atomic E-state index is 12.8. The van der Waals surface area contributed by atoms with Crippen molar-refractivity contribution in [3.05, 3.63) is 53.1 Å². The number of carbonyl (C=O) groups is 2. The maximum absolute atomic E-state index is 12.8. The molecule has 1 N–H and O–H groups in total. The molecule has 2 amide bonds. The second-order valence-electron chi connectivity index (χ2n) is 5.37. The van der Waals surface area contributed by atoms with E-state index in [1.165, 1.54) is 13.2 Å². The zero-order valence-corrected chi connectivity index (χ0v) is 14.5. The van der Waals surface area contributed by atoms with Gasteiger partial charge in [0.25, 0.3) is 5.91 Å². The molecule has 2 aromatic rings. The monoisotopic (exact) mass is 343 g/mol. The summed E-state index contributed by atoms with van der Waals surface area (Å²) in [5.74, 6) is 0.707. The van der Waals surface area contributed by atoms with Gasteiger partial charge < -0.3 is 14.6 Å². The summed E-state index contributed by atoms with van der Waals surface area (Å²) >= 11 is 0. The van der Waals surface area contributed by atoms with E-state index in [9.17, 15) is 14.7 Å². The van der Waals surface area contributed by atoms with E-state index >= 15 is 0 Å². The van der Waals surface area contributed by atoms with Crippen LogP contribution in [0.2, 0.25) is 0 Å². The van der Waals surface area contributed by atoms with Gasteiger partial charge in [-0.05, 0) is 30.7 Å². The van der Waals surface area contributed by atoms with Gasteiger partial charge >= 0.3 is 0 Å². The van der Waals surface area contributed by atoms with Crippen molar-refractivity contribution in [2.24, 2.45) is 0 Å². The number of nitrogens with zero attached hydrogens (tertiary/aromatic N) is 1. The number of benzene rings is 2. The fraction of sp³-hybridized carbons (Fsp3) is 0.263. The fourth-order valence-electron chi connectivity index (χ4n) is 2.62. The molecule has 0 fully saturated rings. The minimum absolute atomic E-state index is 0.0428. The van der Waals surface area contributed by atoms with Crippen LogP contribution in [0.3, 0.4) is 0 Å². The molecule has 25 heavy (non-hydrogen) atoms. The van der Waals surface area contributed by atoms with E-state index in [1.807, 2.05) is 6.92 Å². The first-order chi connectivity index (χ1) is 12.0. The molecule has 2 aromatic carbocycles. The van der Waals surface area contributed by atoms with Gasteiger partial charge in [-0.15, -0.1) is 0 Å². The van der Waals surface area contributed by atoms with Gasteiger partial charge in [0.2, 0.25) is 6.41 Å². The average molecular weight is 343 g/mol. The van der Waals surface area contributed by atoms with Gasteiger partial charge in [-0.1, -0.05) is 13.0 Å². The molecule has 6 heteroatoms. The van der Waals surface area contributed by atoms with Crippen molar-refractivity contribution in [1.82, 2.24) is 4.90 Å². The third-order valence-corrected chi connectivity index (χ3v) is 3.96. The summed E-state index contributed by atoms with van der Waals surface area (Å²) in [5, 5.41) is 9.93. The molecular formula is C19H21NO5. The molecule has 0 unspecified atom stereocenters. The van der Waals surface area contributed by atoms with Crippen LogP contribution in [0.1, 0.15) is 28.4 Å². The maximum Gasteiger partial charge on any atom is 0.260 e. The van der Waals surface area contributed by atoms with Crippen LogP contribution in [0.15, 0.2) is 36.4 Å². The van der Waals surface area contributed by atoms with E-state index in [-0.39, 0.29) is 12.3 Å². The van der Waals surface area contributed by atoms with Gasteiger partial charge in [-0.3, -0.25) is 14.5 Å². The van der Waals surface area contributed by atoms with E-state index in [0.29, 0.717) is 41.0 Å². The highest BCUT2D eigenvalue weighted by molar-refractivity contribution is 6.01. The second kappa shape index (κ2) is 8.19. The Balaban J connectivity index is 2.33. The number of ether oxygens (including phenoxy) is 2. The standard InChI is InChI=1S/C19H21NO5/c1-4-15-16(6-5-7-17(15)22)19(23)20(12-21)11-13-8-9-14(24-2)10-18(13)25-3/h5-10,12,22H,4,11H2,1-3H3. The number of phenolic OH excluding ortho intramolecular Hbond substituents is 1. The van der Waals surface area contributed by atoms with Gasteiger partial charge in [-0.25, -0.2) is 0 Å². The number of phenols is 1. The van der Waals surface area contributed by atoms with Crippen LogP contribution in [0.25, 0.3) is 0 Å². The molecule has 0 aromatic heterocycles. The summed E-state index contributed by atoms with van der Waals surface area (Å²) in [4.78, 5) is 25.3. The lowest BCUT2D eigenvalue weighted by molar-refractivity contribution is -0.116. The predicted octanol–water partition coefficient (Wildman–Crippen LogP) is 2.77. The molecule has 0 saturated carbocycles. The van der Waals surface area contributed by atoms with Crippen molar-refractivity contribution >= 4 is 12.3 Å². The van der Waals surface area contributed by atoms with Gasteiger partial charge in [0.05, 0.1) is 20.8 Å². The number of rotatable bonds is 7.